The summed E-state index contributed by atoms with van der Waals surface area (Å²) < 4.78 is 32.5. The third-order valence-electron chi connectivity index (χ3n) is 4.75. The molecule has 3 rings (SSSR count). The van der Waals surface area contributed by atoms with Gasteiger partial charge < -0.3 is 9.30 Å². The Labute approximate surface area is 174 Å². The zero-order valence-corrected chi connectivity index (χ0v) is 17.7. The number of nitriles is 1. The number of fused-ring (bicyclic) bond motifs is 1. The van der Waals surface area contributed by atoms with Crippen molar-refractivity contribution in [1.82, 2.24) is 4.57 Å². The number of anilines is 1. The van der Waals surface area contributed by atoms with E-state index in [9.17, 15) is 13.7 Å². The lowest BCUT2D eigenvalue weighted by atomic mass is 10.1. The van der Waals surface area contributed by atoms with Gasteiger partial charge in [-0.2, -0.15) is 5.26 Å². The highest BCUT2D eigenvalue weighted by Crippen LogP contribution is 2.35. The summed E-state index contributed by atoms with van der Waals surface area (Å²) in [5, 5.41) is 10.6. The number of alkyl halides is 1. The minimum Gasteiger partial charge on any atom is -0.497 e. The van der Waals surface area contributed by atoms with Gasteiger partial charge in [-0.05, 0) is 36.2 Å². The molecule has 0 radical (unpaired) electrons. The number of aryl methyl sites for hydroxylation is 1. The molecule has 2 N–H and O–H groups in total. The van der Waals surface area contributed by atoms with Crippen LogP contribution in [0, 0.1) is 11.3 Å². The zero-order valence-electron chi connectivity index (χ0n) is 16.1. The van der Waals surface area contributed by atoms with Crippen molar-refractivity contribution in [3.63, 3.8) is 0 Å². The Balaban J connectivity index is 2.03. The molecule has 1 aromatic heterocycles. The Morgan fingerprint density at radius 3 is 2.52 bits per heavy atom. The number of hydrazine groups is 1. The van der Waals surface area contributed by atoms with Crippen LogP contribution in [0.4, 0.5) is 5.69 Å². The summed E-state index contributed by atoms with van der Waals surface area (Å²) in [5.41, 5.74) is 3.24. The number of benzene rings is 2. The molecule has 0 aliphatic rings. The predicted octanol–water partition coefficient (Wildman–Crippen LogP) is 3.36. The monoisotopic (exact) mass is 432 g/mol. The molecule has 0 aliphatic heterocycles. The van der Waals surface area contributed by atoms with Gasteiger partial charge in [0.25, 0.3) is 0 Å². The second-order valence-electron chi connectivity index (χ2n) is 6.48. The molecule has 0 unspecified atom stereocenters. The van der Waals surface area contributed by atoms with E-state index < -0.39 is 10.0 Å². The molecular weight excluding hydrogens is 412 g/mol. The van der Waals surface area contributed by atoms with Crippen molar-refractivity contribution in [3.05, 3.63) is 48.0 Å². The summed E-state index contributed by atoms with van der Waals surface area (Å²) in [6.45, 7) is 0. The standard InChI is InChI=1S/C20H21ClN4O3S/c1-24-19-12-16(28-2)8-9-17(19)18(13-22)20(24)14-4-6-15(7-5-14)25(23)29(26,27)11-3-10-21/h4-9,12H,3,10-11,23H2,1-2H3. The maximum absolute atomic E-state index is 12.3. The van der Waals surface area contributed by atoms with Gasteiger partial charge in [0.15, 0.2) is 0 Å². The number of nitrogens with zero attached hydrogens (tertiary/aromatic N) is 3. The zero-order chi connectivity index (χ0) is 21.2. The SMILES string of the molecule is COc1ccc2c(C#N)c(-c3ccc(N(N)S(=O)(=O)CCCCl)cc3)n(C)c2c1. The van der Waals surface area contributed by atoms with Gasteiger partial charge in [0.05, 0.1) is 35.3 Å². The summed E-state index contributed by atoms with van der Waals surface area (Å²) >= 11 is 5.58. The number of hydrogen-bond donors (Lipinski definition) is 1. The molecule has 0 spiro atoms. The van der Waals surface area contributed by atoms with Crippen LogP contribution in [-0.4, -0.2) is 31.7 Å². The molecule has 0 aliphatic carbocycles. The minimum atomic E-state index is -3.65. The van der Waals surface area contributed by atoms with Crippen LogP contribution in [0.25, 0.3) is 22.2 Å². The average Bonchev–Trinajstić information content (AvgIpc) is 3.02. The van der Waals surface area contributed by atoms with E-state index in [-0.39, 0.29) is 11.6 Å². The van der Waals surface area contributed by atoms with Crippen molar-refractivity contribution < 1.29 is 13.2 Å². The van der Waals surface area contributed by atoms with E-state index in [4.69, 9.17) is 22.2 Å². The van der Waals surface area contributed by atoms with Gasteiger partial charge in [-0.1, -0.05) is 12.1 Å². The van der Waals surface area contributed by atoms with E-state index in [1.54, 1.807) is 31.4 Å². The molecule has 9 heteroatoms. The molecule has 1 heterocycles. The second-order valence-corrected chi connectivity index (χ2v) is 8.82. The largest absolute Gasteiger partial charge is 0.497 e. The topological polar surface area (TPSA) is 101 Å². The first-order chi connectivity index (χ1) is 13.8. The first-order valence-electron chi connectivity index (χ1n) is 8.84. The number of nitrogens with two attached hydrogens (primary N) is 1. The van der Waals surface area contributed by atoms with Crippen LogP contribution in [0.2, 0.25) is 0 Å². The van der Waals surface area contributed by atoms with Crippen molar-refractivity contribution >= 4 is 38.2 Å². The Morgan fingerprint density at radius 1 is 1.24 bits per heavy atom. The summed E-state index contributed by atoms with van der Waals surface area (Å²) in [7, 11) is -0.182. The molecule has 0 atom stereocenters. The van der Waals surface area contributed by atoms with Crippen molar-refractivity contribution in [2.45, 2.75) is 6.42 Å². The van der Waals surface area contributed by atoms with Crippen LogP contribution in [0.3, 0.4) is 0 Å². The first kappa shape index (κ1) is 21.0. The third kappa shape index (κ3) is 3.90. The van der Waals surface area contributed by atoms with Crippen LogP contribution in [-0.2, 0) is 17.1 Å². The first-order valence-corrected chi connectivity index (χ1v) is 11.0. The molecule has 0 amide bonds. The van der Waals surface area contributed by atoms with Crippen molar-refractivity contribution in [2.75, 3.05) is 23.2 Å². The fraction of sp³-hybridized carbons (Fsp3) is 0.250. The average molecular weight is 433 g/mol. The fourth-order valence-electron chi connectivity index (χ4n) is 3.26. The van der Waals surface area contributed by atoms with E-state index in [1.165, 1.54) is 0 Å². The maximum Gasteiger partial charge on any atom is 0.248 e. The Hall–Kier alpha value is -2.73. The van der Waals surface area contributed by atoms with Gasteiger partial charge in [-0.3, -0.25) is 0 Å². The summed E-state index contributed by atoms with van der Waals surface area (Å²) in [6.07, 6.45) is 0.320. The lowest BCUT2D eigenvalue weighted by Crippen LogP contribution is -2.39. The number of ether oxygens (including phenoxy) is 1. The van der Waals surface area contributed by atoms with Gasteiger partial charge in [0.2, 0.25) is 10.0 Å². The molecule has 3 aromatic rings. The number of aromatic nitrogens is 1. The number of halogens is 1. The summed E-state index contributed by atoms with van der Waals surface area (Å²) in [5.74, 6) is 6.63. The molecule has 0 saturated carbocycles. The highest BCUT2D eigenvalue weighted by atomic mass is 35.5. The van der Waals surface area contributed by atoms with E-state index in [0.29, 0.717) is 23.4 Å². The third-order valence-corrected chi connectivity index (χ3v) is 6.63. The number of methoxy groups -OCH3 is 1. The molecule has 0 fully saturated rings. The second kappa shape index (κ2) is 8.33. The van der Waals surface area contributed by atoms with Crippen molar-refractivity contribution in [1.29, 1.82) is 5.26 Å². The van der Waals surface area contributed by atoms with Crippen molar-refractivity contribution in [2.24, 2.45) is 12.9 Å². The quantitative estimate of drug-likeness (QED) is 0.350. The molecule has 0 bridgehead atoms. The van der Waals surface area contributed by atoms with Crippen LogP contribution >= 0.6 is 11.6 Å². The van der Waals surface area contributed by atoms with E-state index in [1.807, 2.05) is 29.8 Å². The van der Waals surface area contributed by atoms with Gasteiger partial charge in [0.1, 0.15) is 11.8 Å². The summed E-state index contributed by atoms with van der Waals surface area (Å²) in [4.78, 5) is 0. The van der Waals surface area contributed by atoms with Crippen LogP contribution in [0.15, 0.2) is 42.5 Å². The number of sulfonamides is 1. The highest BCUT2D eigenvalue weighted by molar-refractivity contribution is 7.92. The lowest BCUT2D eigenvalue weighted by molar-refractivity contribution is 0.415. The molecule has 0 saturated heterocycles. The minimum absolute atomic E-state index is 0.127. The number of hydrogen-bond acceptors (Lipinski definition) is 5. The summed E-state index contributed by atoms with van der Waals surface area (Å²) in [6, 6.07) is 14.6. The van der Waals surface area contributed by atoms with E-state index in [2.05, 4.69) is 6.07 Å². The van der Waals surface area contributed by atoms with Gasteiger partial charge >= 0.3 is 0 Å². The smallest absolute Gasteiger partial charge is 0.248 e. The van der Waals surface area contributed by atoms with E-state index >= 15 is 0 Å². The van der Waals surface area contributed by atoms with Crippen LogP contribution in [0.5, 0.6) is 5.75 Å². The normalized spacial score (nSPS) is 11.4. The molecule has 29 heavy (non-hydrogen) atoms. The van der Waals surface area contributed by atoms with Crippen LogP contribution < -0.4 is 15.0 Å². The number of rotatable bonds is 7. The molecule has 152 valence electrons. The van der Waals surface area contributed by atoms with Crippen molar-refractivity contribution in [3.8, 4) is 23.1 Å². The lowest BCUT2D eigenvalue weighted by Gasteiger charge is -2.19. The predicted molar refractivity (Wildman–Crippen MR) is 115 cm³/mol. The fourth-order valence-corrected chi connectivity index (χ4v) is 4.70. The maximum atomic E-state index is 12.3. The molecule has 2 aromatic carbocycles. The van der Waals surface area contributed by atoms with E-state index in [0.717, 1.165) is 26.6 Å². The molecular formula is C20H21ClN4O3S. The van der Waals surface area contributed by atoms with Gasteiger partial charge in [0, 0.05) is 24.4 Å². The van der Waals surface area contributed by atoms with Gasteiger partial charge in [-0.15, -0.1) is 11.6 Å². The Bertz CT molecular complexity index is 1180. The molecule has 7 nitrogen and oxygen atoms in total. The Kier molecular flexibility index (Phi) is 6.03. The van der Waals surface area contributed by atoms with Crippen LogP contribution in [0.1, 0.15) is 12.0 Å². The van der Waals surface area contributed by atoms with Gasteiger partial charge in [-0.25, -0.2) is 18.7 Å². The Morgan fingerprint density at radius 2 is 1.93 bits per heavy atom. The highest BCUT2D eigenvalue weighted by Gasteiger charge is 2.20.